The molecule has 0 aromatic carbocycles. The molecule has 0 saturated carbocycles. The number of aromatic nitrogens is 6. The van der Waals surface area contributed by atoms with Crippen LogP contribution in [0.3, 0.4) is 0 Å². The van der Waals surface area contributed by atoms with Gasteiger partial charge >= 0.3 is 36.8 Å². The maximum Gasteiger partial charge on any atom is 0.489 e. The van der Waals surface area contributed by atoms with E-state index in [1.54, 1.807) is 0 Å². The number of nitrogens with two attached hydrogens (primary N) is 1. The van der Waals surface area contributed by atoms with Crippen molar-refractivity contribution in [2.75, 3.05) is 18.9 Å². The van der Waals surface area contributed by atoms with E-state index in [1.807, 2.05) is 4.98 Å². The first kappa shape index (κ1) is 43.6. The number of nitrogen functional groups attached to an aromatic ring is 1. The molecule has 36 heteroatoms. The molecule has 3 aromatic rings. The van der Waals surface area contributed by atoms with Crippen molar-refractivity contribution in [3.05, 3.63) is 45.8 Å². The fourth-order valence-electron chi connectivity index (χ4n) is 4.87. The highest BCUT2D eigenvalue weighted by Crippen LogP contribution is 2.69. The van der Waals surface area contributed by atoms with Gasteiger partial charge in [-0.05, 0) is 0 Å². The predicted octanol–water partition coefficient (Wildman–Crippen LogP) is -4.26. The second kappa shape index (κ2) is 16.0. The summed E-state index contributed by atoms with van der Waals surface area (Å²) in [7, 11) is -30.7. The molecule has 0 spiro atoms. The molecule has 2 aliphatic rings. The molecule has 2 saturated heterocycles. The van der Waals surface area contributed by atoms with Gasteiger partial charge in [-0.1, -0.05) is 0 Å². The molecule has 55 heavy (non-hydrogen) atoms. The number of aliphatic hydroxyl groups excluding tert-OH is 4. The maximum atomic E-state index is 12.3. The SMILES string of the molecule is Nc1ncnc2c1ncn2[C@@H]1O[C@H](COP(=O)([O-])OP(=O)(O)NP(=O)(O)OP(=O)(O)OP(=O)(O)OC[C@H]2O[C@@H](n3ccc(=O)[nH]c3=O)C(O)C2O)C(O)C1O. The first-order chi connectivity index (χ1) is 25.3. The Balaban J connectivity index is 1.13. The van der Waals surface area contributed by atoms with E-state index >= 15 is 0 Å². The Morgan fingerprint density at radius 1 is 0.800 bits per heavy atom. The molecule has 2 fully saturated rings. The maximum absolute atomic E-state index is 12.3. The van der Waals surface area contributed by atoms with E-state index in [0.717, 1.165) is 29.5 Å². The smallest absolute Gasteiger partial charge is 0.489 e. The number of anilines is 1. The Morgan fingerprint density at radius 2 is 1.36 bits per heavy atom. The fourth-order valence-corrected chi connectivity index (χ4v) is 11.8. The molecule has 9 unspecified atom stereocenters. The van der Waals surface area contributed by atoms with Gasteiger partial charge in [-0.2, -0.15) is 8.62 Å². The summed E-state index contributed by atoms with van der Waals surface area (Å²) in [5.41, 5.74) is 3.90. The van der Waals surface area contributed by atoms with Crippen LogP contribution < -0.4 is 26.7 Å². The molecule has 5 heterocycles. The molecular weight excluding hydrogens is 863 g/mol. The number of fused-ring (bicyclic) bond motifs is 1. The van der Waals surface area contributed by atoms with Crippen molar-refractivity contribution in [2.24, 2.45) is 0 Å². The number of aliphatic hydroxyl groups is 4. The average molecular weight is 891 g/mol. The third-order valence-corrected chi connectivity index (χ3v) is 15.2. The lowest BCUT2D eigenvalue weighted by Gasteiger charge is -2.27. The zero-order valence-corrected chi connectivity index (χ0v) is 31.1. The summed E-state index contributed by atoms with van der Waals surface area (Å²) >= 11 is 0. The minimum absolute atomic E-state index is 0.0378. The molecular formula is C19H28N8O23P5-. The Kier molecular flexibility index (Phi) is 12.7. The van der Waals surface area contributed by atoms with Crippen molar-refractivity contribution in [3.63, 3.8) is 0 Å². The molecule has 2 aliphatic heterocycles. The van der Waals surface area contributed by atoms with Crippen LogP contribution in [-0.2, 0) is 54.3 Å². The highest BCUT2D eigenvalue weighted by atomic mass is 31.3. The molecule has 0 aliphatic carbocycles. The summed E-state index contributed by atoms with van der Waals surface area (Å²) in [5.74, 6) is -0.0482. The van der Waals surface area contributed by atoms with Gasteiger partial charge in [0.1, 0.15) is 48.5 Å². The molecule has 0 bridgehead atoms. The summed E-state index contributed by atoms with van der Waals surface area (Å²) in [5, 5.41) is 41.2. The van der Waals surface area contributed by atoms with Crippen LogP contribution in [0.1, 0.15) is 12.5 Å². The Morgan fingerprint density at radius 3 is 1.96 bits per heavy atom. The number of hydrogen-bond acceptors (Lipinski definition) is 23. The van der Waals surface area contributed by atoms with E-state index in [1.165, 1.54) is 0 Å². The summed E-state index contributed by atoms with van der Waals surface area (Å²) in [6.07, 6.45) is -11.1. The van der Waals surface area contributed by atoms with Crippen LogP contribution in [0.25, 0.3) is 11.2 Å². The number of phosphoric ester groups is 2. The van der Waals surface area contributed by atoms with Crippen LogP contribution >= 0.6 is 39.0 Å². The van der Waals surface area contributed by atoms with Crippen LogP contribution in [0, 0.1) is 0 Å². The highest BCUT2D eigenvalue weighted by Gasteiger charge is 2.49. The van der Waals surface area contributed by atoms with Gasteiger partial charge in [0.05, 0.1) is 19.5 Å². The van der Waals surface area contributed by atoms with Gasteiger partial charge in [0.15, 0.2) is 23.9 Å². The number of H-pyrrole nitrogens is 1. The minimum atomic E-state index is -6.32. The Hall–Kier alpha value is -2.50. The highest BCUT2D eigenvalue weighted by molar-refractivity contribution is 7.74. The van der Waals surface area contributed by atoms with Crippen LogP contribution in [0.15, 0.2) is 34.5 Å². The number of ether oxygens (including phenoxy) is 2. The molecule has 0 amide bonds. The van der Waals surface area contributed by atoms with Crippen molar-refractivity contribution < 1.29 is 99.2 Å². The predicted molar refractivity (Wildman–Crippen MR) is 168 cm³/mol. The first-order valence-electron chi connectivity index (χ1n) is 14.4. The molecule has 13 atom stereocenters. The number of imidazole rings is 1. The Bertz CT molecular complexity index is 2270. The monoisotopic (exact) mass is 891 g/mol. The number of nitrogens with one attached hydrogen (secondary N) is 2. The van der Waals surface area contributed by atoms with Crippen LogP contribution in [0.4, 0.5) is 5.82 Å². The second-order valence-electron chi connectivity index (χ2n) is 11.1. The molecule has 5 rings (SSSR count). The van der Waals surface area contributed by atoms with E-state index in [4.69, 9.17) is 15.2 Å². The van der Waals surface area contributed by atoms with Crippen LogP contribution in [-0.4, -0.2) is 119 Å². The lowest BCUT2D eigenvalue weighted by Crippen LogP contribution is -2.37. The van der Waals surface area contributed by atoms with Crippen molar-refractivity contribution in [1.82, 2.24) is 33.9 Å². The molecule has 31 nitrogen and oxygen atoms in total. The number of aromatic amines is 1. The summed E-state index contributed by atoms with van der Waals surface area (Å²) < 4.78 is 93.9. The third-order valence-electron chi connectivity index (χ3n) is 7.14. The van der Waals surface area contributed by atoms with Gasteiger partial charge in [-0.25, -0.2) is 42.3 Å². The zero-order chi connectivity index (χ0) is 40.9. The van der Waals surface area contributed by atoms with Crippen molar-refractivity contribution in [3.8, 4) is 0 Å². The van der Waals surface area contributed by atoms with E-state index in [0.29, 0.717) is 9.42 Å². The lowest BCUT2D eigenvalue weighted by atomic mass is 10.1. The summed E-state index contributed by atoms with van der Waals surface area (Å²) in [4.78, 5) is 88.9. The van der Waals surface area contributed by atoms with E-state index in [2.05, 4.69) is 36.9 Å². The van der Waals surface area contributed by atoms with Crippen molar-refractivity contribution in [1.29, 1.82) is 0 Å². The number of phosphoric acid groups is 3. The average Bonchev–Trinajstić information content (AvgIpc) is 3.67. The number of rotatable bonds is 16. The zero-order valence-electron chi connectivity index (χ0n) is 26.6. The Labute approximate surface area is 302 Å². The first-order valence-corrected chi connectivity index (χ1v) is 22.0. The van der Waals surface area contributed by atoms with Gasteiger partial charge in [0, 0.05) is 12.3 Å². The lowest BCUT2D eigenvalue weighted by molar-refractivity contribution is -0.220. The number of hydrogen-bond donors (Lipinski definition) is 11. The van der Waals surface area contributed by atoms with Gasteiger partial charge in [-0.3, -0.25) is 28.0 Å². The number of nitrogens with zero attached hydrogens (tertiary/aromatic N) is 5. The molecule has 0 radical (unpaired) electrons. The standard InChI is InChI=1S/C19H29N8O23P5/c20-15-10-16(22-5-21-15)27(6-23-10)18-14(32)12(30)8(47-18)3-44-53(38,39)48-51(34,35)25-52(36,37)49-55(42,43)50-54(40,41)45-4-7-11(29)13(31)17(46-7)26-2-1-9(28)24-19(26)33/h1-2,5-8,11-14,17-18,29-32H,3-4H2,(H,38,39)(H,40,41)(H,42,43)(H2,20,21,22)(H,24,28,33)(H3,25,34,35,36,37)/p-1/t7-,8-,11?,12?,13?,14?,17-,18-/m1/s1. The molecule has 12 N–H and O–H groups in total. The summed E-state index contributed by atoms with van der Waals surface area (Å²) in [6.45, 7) is -2.46. The van der Waals surface area contributed by atoms with Crippen molar-refractivity contribution in [2.45, 2.75) is 49.1 Å². The van der Waals surface area contributed by atoms with E-state index in [-0.39, 0.29) is 17.0 Å². The van der Waals surface area contributed by atoms with Crippen molar-refractivity contribution >= 4 is 55.9 Å². The minimum Gasteiger partial charge on any atom is -0.756 e. The normalized spacial score (nSPS) is 31.3. The van der Waals surface area contributed by atoms with E-state index in [9.17, 15) is 77.3 Å². The second-order valence-corrected chi connectivity index (χ2v) is 19.2. The largest absolute Gasteiger partial charge is 0.756 e. The summed E-state index contributed by atoms with van der Waals surface area (Å²) in [6, 6.07) is 0.853. The van der Waals surface area contributed by atoms with Crippen LogP contribution in [0.2, 0.25) is 0 Å². The topological polar surface area (TPSA) is 471 Å². The molecule has 3 aromatic heterocycles. The fraction of sp³-hybridized carbons (Fsp3) is 0.526. The van der Waals surface area contributed by atoms with Gasteiger partial charge in [-0.15, -0.1) is 4.86 Å². The third kappa shape index (κ3) is 10.5. The van der Waals surface area contributed by atoms with Crippen LogP contribution in [0.5, 0.6) is 0 Å². The van der Waals surface area contributed by atoms with Gasteiger partial charge in [0.2, 0.25) is 0 Å². The molecule has 308 valence electrons. The van der Waals surface area contributed by atoms with Gasteiger partial charge < -0.3 is 64.6 Å². The quantitative estimate of drug-likeness (QED) is 0.0607. The van der Waals surface area contributed by atoms with Gasteiger partial charge in [0.25, 0.3) is 13.4 Å². The van der Waals surface area contributed by atoms with E-state index < -0.39 is 113 Å².